The van der Waals surface area contributed by atoms with Crippen LogP contribution in [0.1, 0.15) is 34.6 Å². The van der Waals surface area contributed by atoms with Crippen molar-refractivity contribution in [1.29, 1.82) is 0 Å². The first-order valence-corrected chi connectivity index (χ1v) is 6.04. The van der Waals surface area contributed by atoms with Crippen LogP contribution in [0.5, 0.6) is 0 Å². The van der Waals surface area contributed by atoms with Crippen LogP contribution in [0.25, 0.3) is 0 Å². The maximum atomic E-state index is 11.4. The third-order valence-electron chi connectivity index (χ3n) is 2.14. The second-order valence-electron chi connectivity index (χ2n) is 5.42. The second kappa shape index (κ2) is 7.20. The van der Waals surface area contributed by atoms with Gasteiger partial charge < -0.3 is 20.5 Å². The Morgan fingerprint density at radius 1 is 1.28 bits per heavy atom. The van der Waals surface area contributed by atoms with E-state index >= 15 is 0 Å². The third-order valence-corrected chi connectivity index (χ3v) is 2.14. The molecule has 0 aromatic heterocycles. The van der Waals surface area contributed by atoms with Crippen LogP contribution in [0, 0.1) is 5.92 Å². The minimum absolute atomic E-state index is 0.168. The molecular formula is C12H24N2O4. The van der Waals surface area contributed by atoms with Crippen LogP contribution >= 0.6 is 0 Å². The van der Waals surface area contributed by atoms with Crippen LogP contribution in [-0.4, -0.2) is 41.9 Å². The van der Waals surface area contributed by atoms with E-state index in [0.717, 1.165) is 0 Å². The number of rotatable bonds is 6. The van der Waals surface area contributed by atoms with Crippen LogP contribution in [-0.2, 0) is 9.53 Å². The number of hydrogen-bond acceptors (Lipinski definition) is 3. The first kappa shape index (κ1) is 16.7. The number of nitrogens with one attached hydrogen (secondary N) is 2. The summed E-state index contributed by atoms with van der Waals surface area (Å²) < 4.78 is 5.42. The molecule has 0 saturated heterocycles. The van der Waals surface area contributed by atoms with Gasteiger partial charge in [-0.05, 0) is 26.7 Å². The van der Waals surface area contributed by atoms with E-state index in [9.17, 15) is 9.59 Å². The van der Waals surface area contributed by atoms with Gasteiger partial charge in [-0.2, -0.15) is 0 Å². The van der Waals surface area contributed by atoms with Crippen molar-refractivity contribution in [2.75, 3.05) is 13.2 Å². The van der Waals surface area contributed by atoms with Crippen molar-refractivity contribution in [2.24, 2.45) is 5.92 Å². The Morgan fingerprint density at radius 3 is 2.22 bits per heavy atom. The van der Waals surface area contributed by atoms with Crippen LogP contribution in [0.3, 0.4) is 0 Å². The molecule has 0 aliphatic heterocycles. The standard InChI is InChI=1S/C12H24N2O4/c1-8(2)9(10(15)16)14-11(17)13-6-7-18-12(3,4)5/h8-9H,6-7H2,1-5H3,(H,15,16)(H2,13,14,17). The van der Waals surface area contributed by atoms with Crippen LogP contribution in [0.2, 0.25) is 0 Å². The summed E-state index contributed by atoms with van der Waals surface area (Å²) in [7, 11) is 0. The molecule has 18 heavy (non-hydrogen) atoms. The van der Waals surface area contributed by atoms with Gasteiger partial charge in [0.15, 0.2) is 0 Å². The molecule has 1 atom stereocenters. The minimum Gasteiger partial charge on any atom is -0.480 e. The Hall–Kier alpha value is -1.30. The summed E-state index contributed by atoms with van der Waals surface area (Å²) >= 11 is 0. The summed E-state index contributed by atoms with van der Waals surface area (Å²) in [5.41, 5.74) is -0.250. The van der Waals surface area contributed by atoms with Crippen molar-refractivity contribution < 1.29 is 19.4 Å². The van der Waals surface area contributed by atoms with Crippen LogP contribution in [0.4, 0.5) is 4.79 Å². The molecule has 3 N–H and O–H groups in total. The first-order valence-electron chi connectivity index (χ1n) is 6.04. The maximum absolute atomic E-state index is 11.4. The van der Waals surface area contributed by atoms with E-state index in [1.807, 2.05) is 20.8 Å². The topological polar surface area (TPSA) is 87.7 Å². The molecule has 0 aromatic carbocycles. The largest absolute Gasteiger partial charge is 0.480 e. The van der Waals surface area contributed by atoms with E-state index in [0.29, 0.717) is 13.2 Å². The van der Waals surface area contributed by atoms with Gasteiger partial charge >= 0.3 is 12.0 Å². The van der Waals surface area contributed by atoms with Crippen LogP contribution < -0.4 is 10.6 Å². The highest BCUT2D eigenvalue weighted by molar-refractivity contribution is 5.82. The predicted molar refractivity (Wildman–Crippen MR) is 68.5 cm³/mol. The molecular weight excluding hydrogens is 236 g/mol. The van der Waals surface area contributed by atoms with Gasteiger partial charge in [-0.1, -0.05) is 13.8 Å². The number of carboxylic acid groups (broad SMARTS) is 1. The zero-order chi connectivity index (χ0) is 14.3. The SMILES string of the molecule is CC(C)C(NC(=O)NCCOC(C)(C)C)C(=O)O. The normalized spacial score (nSPS) is 13.2. The number of amides is 2. The highest BCUT2D eigenvalue weighted by atomic mass is 16.5. The first-order chi connectivity index (χ1) is 8.13. The lowest BCUT2D eigenvalue weighted by Crippen LogP contribution is -2.49. The summed E-state index contributed by atoms with van der Waals surface area (Å²) in [6.07, 6.45) is 0. The molecule has 0 saturated carbocycles. The van der Waals surface area contributed by atoms with Gasteiger partial charge in [-0.25, -0.2) is 9.59 Å². The van der Waals surface area contributed by atoms with Gasteiger partial charge in [0.05, 0.1) is 12.2 Å². The van der Waals surface area contributed by atoms with E-state index < -0.39 is 18.0 Å². The Morgan fingerprint density at radius 2 is 1.83 bits per heavy atom. The monoisotopic (exact) mass is 260 g/mol. The number of ether oxygens (including phenoxy) is 1. The van der Waals surface area contributed by atoms with E-state index in [1.165, 1.54) is 0 Å². The van der Waals surface area contributed by atoms with Crippen molar-refractivity contribution in [3.63, 3.8) is 0 Å². The highest BCUT2D eigenvalue weighted by Gasteiger charge is 2.23. The molecule has 6 heteroatoms. The van der Waals surface area contributed by atoms with Gasteiger partial charge in [0.25, 0.3) is 0 Å². The number of hydrogen-bond donors (Lipinski definition) is 3. The van der Waals surface area contributed by atoms with Crippen molar-refractivity contribution in [3.8, 4) is 0 Å². The lowest BCUT2D eigenvalue weighted by atomic mass is 10.1. The highest BCUT2D eigenvalue weighted by Crippen LogP contribution is 2.05. The zero-order valence-corrected chi connectivity index (χ0v) is 11.7. The third kappa shape index (κ3) is 7.89. The summed E-state index contributed by atoms with van der Waals surface area (Å²) in [6.45, 7) is 9.97. The number of carbonyl (C=O) groups excluding carboxylic acids is 1. The van der Waals surface area contributed by atoms with E-state index in [2.05, 4.69) is 10.6 Å². The van der Waals surface area contributed by atoms with E-state index in [-0.39, 0.29) is 11.5 Å². The molecule has 0 radical (unpaired) electrons. The molecule has 2 amide bonds. The number of aliphatic carboxylic acids is 1. The average Bonchev–Trinajstić information content (AvgIpc) is 2.18. The molecule has 106 valence electrons. The molecule has 0 aliphatic rings. The van der Waals surface area contributed by atoms with Gasteiger partial charge in [0, 0.05) is 6.54 Å². The number of carbonyl (C=O) groups is 2. The minimum atomic E-state index is -1.04. The predicted octanol–water partition coefficient (Wildman–Crippen LogP) is 1.21. The lowest BCUT2D eigenvalue weighted by molar-refractivity contribution is -0.140. The Labute approximate surface area is 108 Å². The Kier molecular flexibility index (Phi) is 6.68. The smallest absolute Gasteiger partial charge is 0.326 e. The molecule has 0 aromatic rings. The Bertz CT molecular complexity index is 284. The molecule has 6 nitrogen and oxygen atoms in total. The van der Waals surface area contributed by atoms with Gasteiger partial charge in [0.2, 0.25) is 0 Å². The van der Waals surface area contributed by atoms with Crippen molar-refractivity contribution in [1.82, 2.24) is 10.6 Å². The fraction of sp³-hybridized carbons (Fsp3) is 0.833. The average molecular weight is 260 g/mol. The fourth-order valence-electron chi connectivity index (χ4n) is 1.23. The summed E-state index contributed by atoms with van der Waals surface area (Å²) in [5.74, 6) is -1.20. The molecule has 0 heterocycles. The van der Waals surface area contributed by atoms with Crippen molar-refractivity contribution >= 4 is 12.0 Å². The lowest BCUT2D eigenvalue weighted by Gasteiger charge is -2.21. The fourth-order valence-corrected chi connectivity index (χ4v) is 1.23. The molecule has 0 rings (SSSR count). The summed E-state index contributed by atoms with van der Waals surface area (Å²) in [4.78, 5) is 22.3. The summed E-state index contributed by atoms with van der Waals surface area (Å²) in [6, 6.07) is -1.37. The zero-order valence-electron chi connectivity index (χ0n) is 11.7. The molecule has 0 fully saturated rings. The van der Waals surface area contributed by atoms with E-state index in [4.69, 9.17) is 9.84 Å². The molecule has 0 spiro atoms. The Balaban J connectivity index is 3.93. The second-order valence-corrected chi connectivity index (χ2v) is 5.42. The molecule has 0 aliphatic carbocycles. The number of carboxylic acids is 1. The maximum Gasteiger partial charge on any atom is 0.326 e. The van der Waals surface area contributed by atoms with Crippen LogP contribution in [0.15, 0.2) is 0 Å². The summed E-state index contributed by atoms with van der Waals surface area (Å²) in [5, 5.41) is 13.9. The number of urea groups is 1. The molecule has 1 unspecified atom stereocenters. The van der Waals surface area contributed by atoms with Crippen molar-refractivity contribution in [2.45, 2.75) is 46.3 Å². The quantitative estimate of drug-likeness (QED) is 0.626. The van der Waals surface area contributed by atoms with Gasteiger partial charge in [-0.15, -0.1) is 0 Å². The van der Waals surface area contributed by atoms with E-state index in [1.54, 1.807) is 13.8 Å². The van der Waals surface area contributed by atoms with Gasteiger partial charge in [-0.3, -0.25) is 0 Å². The molecule has 0 bridgehead atoms. The van der Waals surface area contributed by atoms with Crippen molar-refractivity contribution in [3.05, 3.63) is 0 Å². The van der Waals surface area contributed by atoms with Gasteiger partial charge in [0.1, 0.15) is 6.04 Å².